The first-order chi connectivity index (χ1) is 19.3. The summed E-state index contributed by atoms with van der Waals surface area (Å²) in [5.41, 5.74) is 0. The minimum Gasteiger partial charge on any atom is -0.0654 e. The van der Waals surface area contributed by atoms with Crippen molar-refractivity contribution in [2.75, 3.05) is 13.2 Å². The molecule has 0 rings (SSSR count). The van der Waals surface area contributed by atoms with E-state index in [1.165, 1.54) is 103 Å². The van der Waals surface area contributed by atoms with Gasteiger partial charge in [0.15, 0.2) is 0 Å². The average molecular weight is 694 g/mol. The minimum atomic E-state index is -3.64. The molecule has 0 aliphatic rings. The topological polar surface area (TPSA) is 99.1 Å². The number of carbonyl (C=O) groups is 2. The normalized spacial score (nSPS) is 13.6. The molecule has 2 atom stereocenters. The van der Waals surface area contributed by atoms with Gasteiger partial charge in [-0.3, -0.25) is 0 Å². The molecule has 40 heavy (non-hydrogen) atoms. The number of carbonyl (C=O) groups excluding carboxylic acids is 2. The van der Waals surface area contributed by atoms with Gasteiger partial charge in [0.2, 0.25) is 0 Å². The van der Waals surface area contributed by atoms with Crippen LogP contribution in [0.25, 0.3) is 0 Å². The first-order valence-corrected chi connectivity index (χ1v) is 21.8. The van der Waals surface area contributed by atoms with Gasteiger partial charge in [-0.2, -0.15) is 0 Å². The van der Waals surface area contributed by atoms with Crippen LogP contribution in [-0.2, 0) is 28.2 Å². The fourth-order valence-corrected chi connectivity index (χ4v) is 5.68. The van der Waals surface area contributed by atoms with Gasteiger partial charge in [-0.25, -0.2) is 0 Å². The first-order valence-electron chi connectivity index (χ1n) is 16.4. The zero-order valence-electron chi connectivity index (χ0n) is 25.8. The molecule has 9 heteroatoms. The zero-order valence-corrected chi connectivity index (χ0v) is 29.6. The number of hydrogen-bond donors (Lipinski definition) is 1. The van der Waals surface area contributed by atoms with E-state index in [4.69, 9.17) is 14.0 Å². The van der Waals surface area contributed by atoms with Crippen LogP contribution in [0.3, 0.4) is 0 Å². The predicted octanol–water partition coefficient (Wildman–Crippen LogP) is 9.13. The van der Waals surface area contributed by atoms with Crippen LogP contribution in [-0.4, -0.2) is 58.1 Å². The van der Waals surface area contributed by atoms with Gasteiger partial charge in [-0.1, -0.05) is 97.3 Å². The molecule has 7 nitrogen and oxygen atoms in total. The summed E-state index contributed by atoms with van der Waals surface area (Å²) in [6, 6.07) is 0. The molecule has 0 aliphatic carbocycles. The third-order valence-electron chi connectivity index (χ3n) is 7.13. The molecule has 0 heterocycles. The van der Waals surface area contributed by atoms with Crippen LogP contribution in [0.2, 0.25) is 0 Å². The molecule has 235 valence electrons. The second-order valence-electron chi connectivity index (χ2n) is 11.2. The average Bonchev–Trinajstić information content (AvgIpc) is 2.91. The van der Waals surface area contributed by atoms with E-state index in [2.05, 4.69) is 13.8 Å². The van der Waals surface area contributed by atoms with Crippen LogP contribution in [0, 0.1) is 0 Å². The number of unbranched alkanes of at least 4 members (excludes halogenated alkanes) is 20. The van der Waals surface area contributed by atoms with Crippen molar-refractivity contribution in [1.82, 2.24) is 0 Å². The van der Waals surface area contributed by atoms with Crippen LogP contribution in [0.5, 0.6) is 0 Å². The quantitative estimate of drug-likeness (QED) is 0.0347. The van der Waals surface area contributed by atoms with Crippen molar-refractivity contribution in [3.05, 3.63) is 0 Å². The van der Waals surface area contributed by atoms with Crippen molar-refractivity contribution in [3.63, 3.8) is 0 Å². The number of ether oxygens (including phenoxy) is 2. The Morgan fingerprint density at radius 2 is 0.950 bits per heavy atom. The third-order valence-corrected chi connectivity index (χ3v) is 8.74. The van der Waals surface area contributed by atoms with Gasteiger partial charge in [-0.15, -0.1) is 0 Å². The first kappa shape index (κ1) is 39.9. The standard InChI is InChI=1S/C31H59O7P.Sn/c1-3-5-7-9-11-13-15-17-19-21-23-25-30(32)36-27-29(28-37-39(34)35)38-31(33)26-24-22-20-18-16-14-12-10-8-6-4-2;/h29H,3-28H2,1-2H3;/q;-1/p+1/t29-;/m1./s1. The van der Waals surface area contributed by atoms with Gasteiger partial charge < -0.3 is 0 Å². The molecule has 0 aromatic carbocycles. The molecule has 0 fully saturated rings. The monoisotopic (exact) mass is 695 g/mol. The van der Waals surface area contributed by atoms with Crippen molar-refractivity contribution >= 4 is 39.2 Å². The molecular weight excluding hydrogens is 634 g/mol. The predicted molar refractivity (Wildman–Crippen MR) is 165 cm³/mol. The van der Waals surface area contributed by atoms with Crippen LogP contribution < -0.4 is 0 Å². The summed E-state index contributed by atoms with van der Waals surface area (Å²) in [5.74, 6) is -0.722. The van der Waals surface area contributed by atoms with Crippen LogP contribution >= 0.6 is 5.25 Å². The van der Waals surface area contributed by atoms with Crippen LogP contribution in [0.1, 0.15) is 168 Å². The van der Waals surface area contributed by atoms with Gasteiger partial charge >= 0.3 is 162 Å². The Kier molecular flexibility index (Phi) is 28.9. The fraction of sp³-hybridized carbons (Fsp3) is 0.935. The Balaban J connectivity index is 4.01. The van der Waals surface area contributed by atoms with E-state index in [9.17, 15) is 19.0 Å². The molecule has 3 radical (unpaired) electrons. The fourth-order valence-electron chi connectivity index (χ4n) is 4.67. The van der Waals surface area contributed by atoms with E-state index in [1.54, 1.807) is 0 Å². The SMILES string of the molecule is CCCCCCCCCCCCCC(=O)OC[C@H](CO[P](=O)(O)[Sn])OC(=O)CCCCCCCCCCCCC. The molecule has 0 spiro atoms. The molecule has 0 saturated carbocycles. The summed E-state index contributed by atoms with van der Waals surface area (Å²) in [6.07, 6.45) is 26.2. The van der Waals surface area contributed by atoms with Crippen molar-refractivity contribution in [2.24, 2.45) is 0 Å². The summed E-state index contributed by atoms with van der Waals surface area (Å²) in [6.45, 7) is 4.06. The Morgan fingerprint density at radius 3 is 1.32 bits per heavy atom. The minimum absolute atomic E-state index is 0.156. The second-order valence-corrected chi connectivity index (χ2v) is 17.3. The van der Waals surface area contributed by atoms with E-state index < -0.39 is 11.4 Å². The maximum atomic E-state index is 12.3. The van der Waals surface area contributed by atoms with E-state index >= 15 is 0 Å². The summed E-state index contributed by atoms with van der Waals surface area (Å²) >= 11 is 0.366. The molecule has 1 unspecified atom stereocenters. The van der Waals surface area contributed by atoms with Crippen molar-refractivity contribution in [3.8, 4) is 0 Å². The molecule has 0 aromatic rings. The van der Waals surface area contributed by atoms with Gasteiger partial charge in [0.05, 0.1) is 0 Å². The Labute approximate surface area is 258 Å². The zero-order chi connectivity index (χ0) is 29.7. The third kappa shape index (κ3) is 30.8. The van der Waals surface area contributed by atoms with E-state index in [-0.39, 0.29) is 31.6 Å². The number of rotatable bonds is 30. The van der Waals surface area contributed by atoms with Crippen molar-refractivity contribution in [1.29, 1.82) is 0 Å². The smallest absolute Gasteiger partial charge is 0.0654 e. The Morgan fingerprint density at radius 1 is 0.600 bits per heavy atom. The molecule has 0 bridgehead atoms. The van der Waals surface area contributed by atoms with Gasteiger partial charge in [0.1, 0.15) is 0 Å². The van der Waals surface area contributed by atoms with Crippen LogP contribution in [0.4, 0.5) is 0 Å². The number of hydrogen-bond acceptors (Lipinski definition) is 6. The van der Waals surface area contributed by atoms with Crippen molar-refractivity contribution in [2.45, 2.75) is 174 Å². The Bertz CT molecular complexity index is 641. The summed E-state index contributed by atoms with van der Waals surface area (Å²) in [5, 5.41) is -3.64. The van der Waals surface area contributed by atoms with E-state index in [1.807, 2.05) is 0 Å². The van der Waals surface area contributed by atoms with Gasteiger partial charge in [0, 0.05) is 0 Å². The maximum absolute atomic E-state index is 12.3. The second kappa shape index (κ2) is 29.0. The molecule has 0 aliphatic heterocycles. The molecular formula is C31H60O7PSn. The molecule has 0 saturated heterocycles. The summed E-state index contributed by atoms with van der Waals surface area (Å²) in [7, 11) is 0. The van der Waals surface area contributed by atoms with Crippen LogP contribution in [0.15, 0.2) is 0 Å². The molecule has 1 N–H and O–H groups in total. The van der Waals surface area contributed by atoms with Gasteiger partial charge in [-0.05, 0) is 0 Å². The van der Waals surface area contributed by atoms with Gasteiger partial charge in [0.25, 0.3) is 0 Å². The number of esters is 2. The molecule has 0 amide bonds. The van der Waals surface area contributed by atoms with E-state index in [0.717, 1.165) is 38.5 Å². The van der Waals surface area contributed by atoms with E-state index in [0.29, 0.717) is 28.4 Å². The summed E-state index contributed by atoms with van der Waals surface area (Å²) in [4.78, 5) is 34.0. The van der Waals surface area contributed by atoms with Crippen molar-refractivity contribution < 1.29 is 33.0 Å². The Hall–Kier alpha value is -0.111. The summed E-state index contributed by atoms with van der Waals surface area (Å²) < 4.78 is 27.3. The molecule has 0 aromatic heterocycles.